The van der Waals surface area contributed by atoms with Gasteiger partial charge in [-0.3, -0.25) is 14.5 Å². The van der Waals surface area contributed by atoms with Gasteiger partial charge in [0.25, 0.3) is 5.91 Å². The molecule has 0 aliphatic carbocycles. The quantitative estimate of drug-likeness (QED) is 0.765. The van der Waals surface area contributed by atoms with Crippen LogP contribution in [0.2, 0.25) is 0 Å². The van der Waals surface area contributed by atoms with E-state index in [2.05, 4.69) is 5.32 Å². The minimum absolute atomic E-state index is 0.0245. The summed E-state index contributed by atoms with van der Waals surface area (Å²) >= 11 is 0. The predicted octanol–water partition coefficient (Wildman–Crippen LogP) is 0.0324. The molecule has 1 heterocycles. The van der Waals surface area contributed by atoms with E-state index in [1.54, 1.807) is 0 Å². The Balaban J connectivity index is 2.21. The zero-order chi connectivity index (χ0) is 15.8. The van der Waals surface area contributed by atoms with Crippen LogP contribution in [0.3, 0.4) is 0 Å². The van der Waals surface area contributed by atoms with E-state index in [4.69, 9.17) is 5.14 Å². The largest absolute Gasteiger partial charge is 0.371 e. The number of anilines is 1. The first-order valence-corrected chi connectivity index (χ1v) is 7.64. The standard InChI is InChI=1S/C12H14FN3O4S/c1-16-11(17)5-4-10(12(16)18)15-9-3-2-7(6-8(9)13)21(14,19)20/h2-3,6,10,15H,4-5H2,1H3,(H2,14,19,20). The molecule has 1 aliphatic heterocycles. The third-order valence-corrected chi connectivity index (χ3v) is 4.16. The second-order valence-electron chi connectivity index (χ2n) is 4.71. The molecule has 114 valence electrons. The molecular weight excluding hydrogens is 301 g/mol. The lowest BCUT2D eigenvalue weighted by atomic mass is 10.0. The Morgan fingerprint density at radius 3 is 2.62 bits per heavy atom. The van der Waals surface area contributed by atoms with Crippen molar-refractivity contribution in [2.75, 3.05) is 12.4 Å². The van der Waals surface area contributed by atoms with E-state index < -0.39 is 27.8 Å². The molecule has 3 N–H and O–H groups in total. The van der Waals surface area contributed by atoms with Crippen LogP contribution in [0.4, 0.5) is 10.1 Å². The number of benzene rings is 1. The molecule has 1 atom stereocenters. The predicted molar refractivity (Wildman–Crippen MR) is 72.2 cm³/mol. The highest BCUT2D eigenvalue weighted by Gasteiger charge is 2.32. The van der Waals surface area contributed by atoms with Gasteiger partial charge in [0.2, 0.25) is 15.9 Å². The maximum atomic E-state index is 13.9. The molecule has 0 bridgehead atoms. The summed E-state index contributed by atoms with van der Waals surface area (Å²) < 4.78 is 36.1. The number of hydrogen-bond acceptors (Lipinski definition) is 5. The first kappa shape index (κ1) is 15.4. The highest BCUT2D eigenvalue weighted by molar-refractivity contribution is 7.89. The first-order valence-electron chi connectivity index (χ1n) is 6.09. The Morgan fingerprint density at radius 2 is 2.05 bits per heavy atom. The monoisotopic (exact) mass is 315 g/mol. The average Bonchev–Trinajstić information content (AvgIpc) is 2.40. The summed E-state index contributed by atoms with van der Waals surface area (Å²) in [6.07, 6.45) is 0.426. The molecule has 0 saturated carbocycles. The number of carbonyl (C=O) groups excluding carboxylic acids is 2. The van der Waals surface area contributed by atoms with E-state index in [-0.39, 0.29) is 29.3 Å². The van der Waals surface area contributed by atoms with E-state index in [1.165, 1.54) is 13.1 Å². The van der Waals surface area contributed by atoms with Crippen LogP contribution < -0.4 is 10.5 Å². The molecule has 1 aromatic carbocycles. The van der Waals surface area contributed by atoms with Gasteiger partial charge in [-0.1, -0.05) is 0 Å². The number of imide groups is 1. The minimum atomic E-state index is -3.99. The van der Waals surface area contributed by atoms with E-state index in [0.29, 0.717) is 0 Å². The molecule has 9 heteroatoms. The Kier molecular flexibility index (Phi) is 3.97. The molecule has 1 fully saturated rings. The summed E-state index contributed by atoms with van der Waals surface area (Å²) in [6, 6.07) is 2.38. The van der Waals surface area contributed by atoms with Crippen molar-refractivity contribution in [2.45, 2.75) is 23.8 Å². The summed E-state index contributed by atoms with van der Waals surface area (Å²) in [5.74, 6) is -1.59. The van der Waals surface area contributed by atoms with E-state index >= 15 is 0 Å². The van der Waals surface area contributed by atoms with E-state index in [0.717, 1.165) is 17.0 Å². The lowest BCUT2D eigenvalue weighted by Crippen LogP contribution is -2.48. The second-order valence-corrected chi connectivity index (χ2v) is 6.27. The topological polar surface area (TPSA) is 110 Å². The zero-order valence-electron chi connectivity index (χ0n) is 11.2. The number of likely N-dealkylation sites (N-methyl/N-ethyl adjacent to an activating group) is 1. The molecule has 7 nitrogen and oxygen atoms in total. The van der Waals surface area contributed by atoms with Gasteiger partial charge in [-0.25, -0.2) is 17.9 Å². The zero-order valence-corrected chi connectivity index (χ0v) is 12.0. The molecule has 2 amide bonds. The summed E-state index contributed by atoms with van der Waals surface area (Å²) in [5.41, 5.74) is -0.0245. The lowest BCUT2D eigenvalue weighted by Gasteiger charge is -2.28. The highest BCUT2D eigenvalue weighted by Crippen LogP contribution is 2.22. The molecule has 1 aromatic rings. The fraction of sp³-hybridized carbons (Fsp3) is 0.333. The number of hydrogen-bond donors (Lipinski definition) is 2. The number of piperidine rings is 1. The van der Waals surface area contributed by atoms with Crippen LogP contribution in [0.25, 0.3) is 0 Å². The second kappa shape index (κ2) is 5.41. The number of nitrogens with one attached hydrogen (secondary N) is 1. The Labute approximate surface area is 121 Å². The molecule has 1 aliphatic rings. The van der Waals surface area contributed by atoms with Crippen LogP contribution in [0.1, 0.15) is 12.8 Å². The fourth-order valence-electron chi connectivity index (χ4n) is 2.03. The average molecular weight is 315 g/mol. The van der Waals surface area contributed by atoms with Crippen molar-refractivity contribution in [1.29, 1.82) is 0 Å². The SMILES string of the molecule is CN1C(=O)CCC(Nc2ccc(S(N)(=O)=O)cc2F)C1=O. The number of nitrogens with two attached hydrogens (primary N) is 1. The van der Waals surface area contributed by atoms with Crippen molar-refractivity contribution in [3.05, 3.63) is 24.0 Å². The Hall–Kier alpha value is -2.00. The number of nitrogens with zero attached hydrogens (tertiary/aromatic N) is 1. The normalized spacial score (nSPS) is 19.8. The van der Waals surface area contributed by atoms with Gasteiger partial charge in [0.1, 0.15) is 11.9 Å². The van der Waals surface area contributed by atoms with Gasteiger partial charge in [-0.2, -0.15) is 0 Å². The van der Waals surface area contributed by atoms with Crippen LogP contribution in [0.5, 0.6) is 0 Å². The van der Waals surface area contributed by atoms with Crippen LogP contribution >= 0.6 is 0 Å². The number of likely N-dealkylation sites (tertiary alicyclic amines) is 1. The van der Waals surface area contributed by atoms with Gasteiger partial charge < -0.3 is 5.32 Å². The smallest absolute Gasteiger partial charge is 0.251 e. The molecule has 21 heavy (non-hydrogen) atoms. The van der Waals surface area contributed by atoms with Crippen LogP contribution in [0.15, 0.2) is 23.1 Å². The molecule has 1 saturated heterocycles. The Bertz CT molecular complexity index is 704. The number of carbonyl (C=O) groups is 2. The van der Waals surface area contributed by atoms with Crippen molar-refractivity contribution in [2.24, 2.45) is 5.14 Å². The maximum Gasteiger partial charge on any atom is 0.251 e. The molecule has 0 spiro atoms. The summed E-state index contributed by atoms with van der Waals surface area (Å²) in [6.45, 7) is 0. The third kappa shape index (κ3) is 3.19. The van der Waals surface area contributed by atoms with Crippen molar-refractivity contribution >= 4 is 27.5 Å². The number of halogens is 1. The Morgan fingerprint density at radius 1 is 1.38 bits per heavy atom. The van der Waals surface area contributed by atoms with Crippen molar-refractivity contribution in [3.63, 3.8) is 0 Å². The van der Waals surface area contributed by atoms with E-state index in [9.17, 15) is 22.4 Å². The molecule has 0 aromatic heterocycles. The van der Waals surface area contributed by atoms with Crippen LogP contribution in [0, 0.1) is 5.82 Å². The maximum absolute atomic E-state index is 13.9. The van der Waals surface area contributed by atoms with Crippen molar-refractivity contribution in [1.82, 2.24) is 4.90 Å². The molecule has 1 unspecified atom stereocenters. The van der Waals surface area contributed by atoms with Gasteiger partial charge in [-0.05, 0) is 24.6 Å². The summed E-state index contributed by atoms with van der Waals surface area (Å²) in [4.78, 5) is 23.9. The van der Waals surface area contributed by atoms with Gasteiger partial charge in [0, 0.05) is 13.5 Å². The first-order chi connectivity index (χ1) is 9.70. The molecule has 0 radical (unpaired) electrons. The third-order valence-electron chi connectivity index (χ3n) is 3.25. The molecule has 2 rings (SSSR count). The molecular formula is C12H14FN3O4S. The number of rotatable bonds is 3. The lowest BCUT2D eigenvalue weighted by molar-refractivity contribution is -0.146. The number of amides is 2. The van der Waals surface area contributed by atoms with E-state index in [1.807, 2.05) is 0 Å². The van der Waals surface area contributed by atoms with Crippen LogP contribution in [-0.4, -0.2) is 38.2 Å². The summed E-state index contributed by atoms with van der Waals surface area (Å²) in [5, 5.41) is 7.58. The minimum Gasteiger partial charge on any atom is -0.371 e. The van der Waals surface area contributed by atoms with Gasteiger partial charge in [0.15, 0.2) is 0 Å². The summed E-state index contributed by atoms with van der Waals surface area (Å²) in [7, 11) is -2.63. The number of sulfonamides is 1. The number of primary sulfonamides is 1. The highest BCUT2D eigenvalue weighted by atomic mass is 32.2. The van der Waals surface area contributed by atoms with Crippen molar-refractivity contribution < 1.29 is 22.4 Å². The van der Waals surface area contributed by atoms with Crippen molar-refractivity contribution in [3.8, 4) is 0 Å². The van der Waals surface area contributed by atoms with Gasteiger partial charge in [0.05, 0.1) is 10.6 Å². The fourth-order valence-corrected chi connectivity index (χ4v) is 2.55. The van der Waals surface area contributed by atoms with Crippen LogP contribution in [-0.2, 0) is 19.6 Å². The van der Waals surface area contributed by atoms with Gasteiger partial charge in [-0.15, -0.1) is 0 Å². The van der Waals surface area contributed by atoms with Gasteiger partial charge >= 0.3 is 0 Å².